The standard InChI is InChI=1S/C30H32F2N2O7/c1-17(2)29(36)40-16-39-27-24(38-5)14-15-33-26(27)28(35)34-18(3)30(37)41-19(4)25(20-6-10-22(31)11-7-20)21-8-12-23(32)13-9-21/h6-15,17-19,25H,16H2,1-5H3,(H,34,35)/t18-,19-/m0/s1. The second-order valence-corrected chi connectivity index (χ2v) is 9.49. The Balaban J connectivity index is 1.74. The van der Waals surface area contributed by atoms with Crippen LogP contribution < -0.4 is 14.8 Å². The number of benzene rings is 2. The highest BCUT2D eigenvalue weighted by molar-refractivity contribution is 5.98. The molecule has 0 bridgehead atoms. The number of carbonyl (C=O) groups is 3. The summed E-state index contributed by atoms with van der Waals surface area (Å²) in [4.78, 5) is 41.9. The quantitative estimate of drug-likeness (QED) is 0.244. The first-order chi connectivity index (χ1) is 19.5. The van der Waals surface area contributed by atoms with Gasteiger partial charge in [-0.1, -0.05) is 38.1 Å². The Morgan fingerprint density at radius 3 is 1.93 bits per heavy atom. The van der Waals surface area contributed by atoms with Gasteiger partial charge in [0.2, 0.25) is 6.79 Å². The van der Waals surface area contributed by atoms with Gasteiger partial charge in [0, 0.05) is 18.2 Å². The molecule has 3 rings (SSSR count). The fourth-order valence-corrected chi connectivity index (χ4v) is 3.96. The van der Waals surface area contributed by atoms with E-state index in [4.69, 9.17) is 18.9 Å². The summed E-state index contributed by atoms with van der Waals surface area (Å²) in [5, 5.41) is 2.53. The lowest BCUT2D eigenvalue weighted by Crippen LogP contribution is -2.41. The smallest absolute Gasteiger partial charge is 0.328 e. The van der Waals surface area contributed by atoms with Crippen LogP contribution in [0.15, 0.2) is 60.8 Å². The molecule has 41 heavy (non-hydrogen) atoms. The van der Waals surface area contributed by atoms with E-state index in [1.165, 1.54) is 50.6 Å². The molecule has 3 aromatic rings. The van der Waals surface area contributed by atoms with Gasteiger partial charge in [0.15, 0.2) is 17.2 Å². The van der Waals surface area contributed by atoms with Gasteiger partial charge in [0.05, 0.1) is 13.0 Å². The molecule has 2 aromatic carbocycles. The van der Waals surface area contributed by atoms with Crippen molar-refractivity contribution < 1.29 is 42.1 Å². The van der Waals surface area contributed by atoms with Gasteiger partial charge in [-0.2, -0.15) is 0 Å². The van der Waals surface area contributed by atoms with Crippen LogP contribution in [0.2, 0.25) is 0 Å². The minimum absolute atomic E-state index is 0.0781. The Bertz CT molecular complexity index is 1300. The maximum absolute atomic E-state index is 13.6. The fraction of sp³-hybridized carbons (Fsp3) is 0.333. The molecule has 218 valence electrons. The molecule has 0 unspecified atom stereocenters. The summed E-state index contributed by atoms with van der Waals surface area (Å²) >= 11 is 0. The minimum atomic E-state index is -1.12. The molecule has 0 saturated carbocycles. The average molecular weight is 571 g/mol. The molecule has 1 N–H and O–H groups in total. The normalized spacial score (nSPS) is 12.4. The molecule has 0 spiro atoms. The number of nitrogens with zero attached hydrogens (tertiary/aromatic N) is 1. The van der Waals surface area contributed by atoms with Crippen molar-refractivity contribution in [2.45, 2.75) is 45.8 Å². The van der Waals surface area contributed by atoms with E-state index >= 15 is 0 Å². The average Bonchev–Trinajstić information content (AvgIpc) is 2.94. The van der Waals surface area contributed by atoms with Crippen molar-refractivity contribution in [3.63, 3.8) is 0 Å². The maximum Gasteiger partial charge on any atom is 0.328 e. The lowest BCUT2D eigenvalue weighted by atomic mass is 9.87. The summed E-state index contributed by atoms with van der Waals surface area (Å²) in [6.45, 7) is 5.92. The van der Waals surface area contributed by atoms with Crippen LogP contribution in [-0.4, -0.2) is 48.9 Å². The van der Waals surface area contributed by atoms with Gasteiger partial charge in [-0.15, -0.1) is 0 Å². The molecule has 0 aliphatic rings. The molecule has 0 aliphatic heterocycles. The first-order valence-electron chi connectivity index (χ1n) is 12.9. The predicted octanol–water partition coefficient (Wildman–Crippen LogP) is 4.79. The van der Waals surface area contributed by atoms with Crippen molar-refractivity contribution in [2.24, 2.45) is 5.92 Å². The summed E-state index contributed by atoms with van der Waals surface area (Å²) in [5.41, 5.74) is 1.10. The second kappa shape index (κ2) is 14.2. The third kappa shape index (κ3) is 8.23. The van der Waals surface area contributed by atoms with Crippen LogP contribution in [0.4, 0.5) is 8.78 Å². The zero-order valence-corrected chi connectivity index (χ0v) is 23.4. The van der Waals surface area contributed by atoms with Gasteiger partial charge in [0.1, 0.15) is 23.8 Å². The second-order valence-electron chi connectivity index (χ2n) is 9.49. The van der Waals surface area contributed by atoms with Gasteiger partial charge >= 0.3 is 11.9 Å². The number of methoxy groups -OCH3 is 1. The molecule has 0 saturated heterocycles. The van der Waals surface area contributed by atoms with Crippen LogP contribution in [0.5, 0.6) is 11.5 Å². The lowest BCUT2D eigenvalue weighted by Gasteiger charge is -2.26. The molecule has 11 heteroatoms. The number of hydrogen-bond acceptors (Lipinski definition) is 8. The van der Waals surface area contributed by atoms with Crippen LogP contribution in [0.3, 0.4) is 0 Å². The van der Waals surface area contributed by atoms with Gasteiger partial charge in [-0.3, -0.25) is 9.59 Å². The van der Waals surface area contributed by atoms with Crippen LogP contribution >= 0.6 is 0 Å². The van der Waals surface area contributed by atoms with E-state index in [0.29, 0.717) is 11.1 Å². The summed E-state index contributed by atoms with van der Waals surface area (Å²) in [6, 6.07) is 11.7. The van der Waals surface area contributed by atoms with Gasteiger partial charge in [-0.05, 0) is 49.2 Å². The molecular formula is C30H32F2N2O7. The first-order valence-corrected chi connectivity index (χ1v) is 12.9. The van der Waals surface area contributed by atoms with E-state index in [9.17, 15) is 23.2 Å². The third-order valence-corrected chi connectivity index (χ3v) is 6.11. The third-order valence-electron chi connectivity index (χ3n) is 6.11. The topological polar surface area (TPSA) is 113 Å². The Hall–Kier alpha value is -4.54. The van der Waals surface area contributed by atoms with Crippen molar-refractivity contribution in [3.8, 4) is 11.5 Å². The van der Waals surface area contributed by atoms with Gasteiger partial charge in [0.25, 0.3) is 5.91 Å². The van der Waals surface area contributed by atoms with Crippen molar-refractivity contribution in [1.82, 2.24) is 10.3 Å². The Morgan fingerprint density at radius 1 is 0.854 bits per heavy atom. The number of nitrogens with one attached hydrogen (secondary N) is 1. The summed E-state index contributed by atoms with van der Waals surface area (Å²) in [7, 11) is 1.37. The number of carbonyl (C=O) groups excluding carboxylic acids is 3. The number of pyridine rings is 1. The van der Waals surface area contributed by atoms with Crippen molar-refractivity contribution in [1.29, 1.82) is 0 Å². The highest BCUT2D eigenvalue weighted by Gasteiger charge is 2.29. The molecule has 2 atom stereocenters. The summed E-state index contributed by atoms with van der Waals surface area (Å²) in [6.07, 6.45) is 0.546. The van der Waals surface area contributed by atoms with E-state index in [-0.39, 0.29) is 23.1 Å². The van der Waals surface area contributed by atoms with Gasteiger partial charge in [-0.25, -0.2) is 18.6 Å². The number of amides is 1. The van der Waals surface area contributed by atoms with Gasteiger partial charge < -0.3 is 24.3 Å². The van der Waals surface area contributed by atoms with Crippen molar-refractivity contribution in [2.75, 3.05) is 13.9 Å². The predicted molar refractivity (Wildman–Crippen MR) is 144 cm³/mol. The Labute approximate surface area is 236 Å². The largest absolute Gasteiger partial charge is 0.493 e. The summed E-state index contributed by atoms with van der Waals surface area (Å²) < 4.78 is 48.6. The minimum Gasteiger partial charge on any atom is -0.493 e. The molecule has 9 nitrogen and oxygen atoms in total. The fourth-order valence-electron chi connectivity index (χ4n) is 3.96. The molecule has 0 fully saturated rings. The number of halogens is 2. The maximum atomic E-state index is 13.6. The number of aromatic nitrogens is 1. The van der Waals surface area contributed by atoms with E-state index in [1.807, 2.05) is 0 Å². The molecule has 1 amide bonds. The van der Waals surface area contributed by atoms with E-state index < -0.39 is 54.3 Å². The van der Waals surface area contributed by atoms with Crippen LogP contribution in [0.1, 0.15) is 55.2 Å². The zero-order valence-electron chi connectivity index (χ0n) is 23.4. The van der Waals surface area contributed by atoms with Crippen LogP contribution in [-0.2, 0) is 19.1 Å². The molecule has 0 radical (unpaired) electrons. The Morgan fingerprint density at radius 2 is 1.41 bits per heavy atom. The number of rotatable bonds is 12. The zero-order chi connectivity index (χ0) is 30.1. The molecule has 1 aromatic heterocycles. The number of ether oxygens (including phenoxy) is 4. The van der Waals surface area contributed by atoms with E-state index in [1.54, 1.807) is 45.0 Å². The summed E-state index contributed by atoms with van der Waals surface area (Å²) in [5.74, 6) is -3.71. The highest BCUT2D eigenvalue weighted by atomic mass is 19.1. The molecule has 0 aliphatic carbocycles. The van der Waals surface area contributed by atoms with Crippen LogP contribution in [0, 0.1) is 17.6 Å². The van der Waals surface area contributed by atoms with Crippen LogP contribution in [0.25, 0.3) is 0 Å². The molecular weight excluding hydrogens is 538 g/mol. The van der Waals surface area contributed by atoms with Crippen molar-refractivity contribution in [3.05, 3.63) is 89.2 Å². The Kier molecular flexibility index (Phi) is 10.7. The monoisotopic (exact) mass is 570 g/mol. The highest BCUT2D eigenvalue weighted by Crippen LogP contribution is 2.31. The SMILES string of the molecule is COc1ccnc(C(=O)N[C@@H](C)C(=O)O[C@@H](C)C(c2ccc(F)cc2)c2ccc(F)cc2)c1OCOC(=O)C(C)C. The van der Waals surface area contributed by atoms with E-state index in [0.717, 1.165) is 0 Å². The van der Waals surface area contributed by atoms with Crippen molar-refractivity contribution >= 4 is 17.8 Å². The first kappa shape index (κ1) is 31.0. The number of hydrogen-bond donors (Lipinski definition) is 1. The molecule has 1 heterocycles. The number of esters is 2. The van der Waals surface area contributed by atoms with E-state index in [2.05, 4.69) is 10.3 Å². The lowest BCUT2D eigenvalue weighted by molar-refractivity contribution is -0.154.